The van der Waals surface area contributed by atoms with Crippen molar-refractivity contribution in [2.24, 2.45) is 5.92 Å². The lowest BCUT2D eigenvalue weighted by Crippen LogP contribution is -2.42. The highest BCUT2D eigenvalue weighted by Gasteiger charge is 2.24. The molecule has 0 aromatic heterocycles. The number of amides is 3. The molecule has 2 aliphatic rings. The summed E-state index contributed by atoms with van der Waals surface area (Å²) in [6, 6.07) is 13.4. The molecule has 2 heterocycles. The number of ether oxygens (including phenoxy) is 2. The van der Waals surface area contributed by atoms with E-state index < -0.39 is 0 Å². The number of nitrogens with zero attached hydrogens (tertiary/aromatic N) is 1. The fourth-order valence-electron chi connectivity index (χ4n) is 4.00. The Labute approximate surface area is 182 Å². The number of nitrogens with one attached hydrogen (secondary N) is 2. The van der Waals surface area contributed by atoms with Crippen molar-refractivity contribution in [1.29, 1.82) is 0 Å². The molecule has 0 spiro atoms. The van der Waals surface area contributed by atoms with Crippen LogP contribution in [-0.2, 0) is 11.3 Å². The molecule has 1 fully saturated rings. The number of likely N-dealkylation sites (tertiary alicyclic amines) is 1. The van der Waals surface area contributed by atoms with Gasteiger partial charge in [-0.2, -0.15) is 0 Å². The number of carbonyl (C=O) groups is 2. The van der Waals surface area contributed by atoms with Gasteiger partial charge in [0.15, 0.2) is 11.5 Å². The number of aryl methyl sites for hydroxylation is 1. The molecule has 2 aliphatic heterocycles. The third-order valence-corrected chi connectivity index (χ3v) is 5.82. The lowest BCUT2D eigenvalue weighted by molar-refractivity contribution is -0.121. The van der Waals surface area contributed by atoms with Crippen molar-refractivity contribution < 1.29 is 19.1 Å². The Bertz CT molecular complexity index is 929. The monoisotopic (exact) mass is 423 g/mol. The molecule has 2 aromatic carbocycles. The lowest BCUT2D eigenvalue weighted by atomic mass is 9.93. The second-order valence-corrected chi connectivity index (χ2v) is 8.25. The van der Waals surface area contributed by atoms with Crippen molar-refractivity contribution >= 4 is 17.6 Å². The van der Waals surface area contributed by atoms with Gasteiger partial charge < -0.3 is 25.0 Å². The van der Waals surface area contributed by atoms with Crippen LogP contribution >= 0.6 is 0 Å². The maximum absolute atomic E-state index is 12.6. The molecule has 2 N–H and O–H groups in total. The highest BCUT2D eigenvalue weighted by Crippen LogP contribution is 2.32. The zero-order valence-electron chi connectivity index (χ0n) is 17.9. The minimum Gasteiger partial charge on any atom is -0.454 e. The van der Waals surface area contributed by atoms with Gasteiger partial charge in [-0.1, -0.05) is 23.8 Å². The van der Waals surface area contributed by atoms with Gasteiger partial charge in [0.1, 0.15) is 0 Å². The Morgan fingerprint density at radius 3 is 2.74 bits per heavy atom. The number of hydrogen-bond donors (Lipinski definition) is 2. The third-order valence-electron chi connectivity index (χ3n) is 5.82. The van der Waals surface area contributed by atoms with Gasteiger partial charge in [0.2, 0.25) is 12.7 Å². The zero-order chi connectivity index (χ0) is 21.6. The van der Waals surface area contributed by atoms with E-state index in [1.165, 1.54) is 0 Å². The minimum atomic E-state index is -0.0687. The molecule has 7 heteroatoms. The molecule has 3 amide bonds. The fraction of sp³-hybridized carbons (Fsp3) is 0.417. The van der Waals surface area contributed by atoms with E-state index >= 15 is 0 Å². The van der Waals surface area contributed by atoms with Gasteiger partial charge in [-0.3, -0.25) is 4.79 Å². The van der Waals surface area contributed by atoms with Crippen LogP contribution < -0.4 is 20.1 Å². The first-order valence-corrected chi connectivity index (χ1v) is 10.8. The number of rotatable bonds is 6. The smallest absolute Gasteiger partial charge is 0.321 e. The normalized spacial score (nSPS) is 17.3. The Morgan fingerprint density at radius 2 is 1.90 bits per heavy atom. The van der Waals surface area contributed by atoms with Gasteiger partial charge in [-0.15, -0.1) is 0 Å². The molecule has 31 heavy (non-hydrogen) atoms. The first-order chi connectivity index (χ1) is 15.1. The van der Waals surface area contributed by atoms with Gasteiger partial charge in [-0.25, -0.2) is 4.79 Å². The Morgan fingerprint density at radius 1 is 1.10 bits per heavy atom. The van der Waals surface area contributed by atoms with Crippen LogP contribution in [0.2, 0.25) is 0 Å². The quantitative estimate of drug-likeness (QED) is 0.734. The van der Waals surface area contributed by atoms with E-state index in [0.717, 1.165) is 54.1 Å². The van der Waals surface area contributed by atoms with Crippen LogP contribution in [0.1, 0.15) is 36.8 Å². The van der Waals surface area contributed by atoms with Gasteiger partial charge in [0.25, 0.3) is 0 Å². The summed E-state index contributed by atoms with van der Waals surface area (Å²) < 4.78 is 10.7. The molecule has 1 atom stereocenters. The van der Waals surface area contributed by atoms with E-state index in [2.05, 4.69) is 10.6 Å². The summed E-state index contributed by atoms with van der Waals surface area (Å²) in [4.78, 5) is 26.8. The fourth-order valence-corrected chi connectivity index (χ4v) is 4.00. The third kappa shape index (κ3) is 5.69. The van der Waals surface area contributed by atoms with Crippen molar-refractivity contribution in [3.8, 4) is 11.5 Å². The van der Waals surface area contributed by atoms with E-state index in [9.17, 15) is 9.59 Å². The van der Waals surface area contributed by atoms with Gasteiger partial charge >= 0.3 is 6.03 Å². The maximum Gasteiger partial charge on any atom is 0.321 e. The highest BCUT2D eigenvalue weighted by molar-refractivity contribution is 5.89. The van der Waals surface area contributed by atoms with Gasteiger partial charge in [0, 0.05) is 31.7 Å². The lowest BCUT2D eigenvalue weighted by Gasteiger charge is -2.32. The van der Waals surface area contributed by atoms with Gasteiger partial charge in [-0.05, 0) is 61.9 Å². The average Bonchev–Trinajstić information content (AvgIpc) is 3.26. The Hall–Kier alpha value is -3.22. The number of anilines is 1. The van der Waals surface area contributed by atoms with E-state index in [-0.39, 0.29) is 18.7 Å². The van der Waals surface area contributed by atoms with E-state index in [1.54, 1.807) is 0 Å². The standard InChI is InChI=1S/C24H29N3O4/c1-17-4-8-20(9-5-17)26-24(29)27-12-2-3-18(15-27)7-11-23(28)25-14-19-6-10-21-22(13-19)31-16-30-21/h4-6,8-10,13,18H,2-3,7,11-12,14-16H2,1H3,(H,25,28)(H,26,29)/t18-/m1/s1. The average molecular weight is 424 g/mol. The molecule has 4 rings (SSSR count). The SMILES string of the molecule is Cc1ccc(NC(=O)N2CCC[C@H](CCC(=O)NCc3ccc4c(c3)OCO4)C2)cc1. The second-order valence-electron chi connectivity index (χ2n) is 8.25. The summed E-state index contributed by atoms with van der Waals surface area (Å²) in [7, 11) is 0. The van der Waals surface area contributed by atoms with Crippen LogP contribution in [0.15, 0.2) is 42.5 Å². The van der Waals surface area contributed by atoms with Crippen LogP contribution in [0.25, 0.3) is 0 Å². The Balaban J connectivity index is 1.19. The Kier molecular flexibility index (Phi) is 6.60. The summed E-state index contributed by atoms with van der Waals surface area (Å²) >= 11 is 0. The van der Waals surface area contributed by atoms with Crippen LogP contribution in [0.4, 0.5) is 10.5 Å². The molecule has 0 unspecified atom stereocenters. The first-order valence-electron chi connectivity index (χ1n) is 10.8. The molecule has 0 radical (unpaired) electrons. The van der Waals surface area contributed by atoms with Crippen molar-refractivity contribution in [3.63, 3.8) is 0 Å². The number of carbonyl (C=O) groups excluding carboxylic acids is 2. The van der Waals surface area contributed by atoms with Crippen molar-refractivity contribution in [2.45, 2.75) is 39.2 Å². The number of hydrogen-bond acceptors (Lipinski definition) is 4. The number of fused-ring (bicyclic) bond motifs is 1. The number of benzene rings is 2. The van der Waals surface area contributed by atoms with Crippen molar-refractivity contribution in [2.75, 3.05) is 25.2 Å². The molecule has 0 bridgehead atoms. The molecule has 164 valence electrons. The summed E-state index contributed by atoms with van der Waals surface area (Å²) in [5, 5.41) is 5.94. The topological polar surface area (TPSA) is 79.9 Å². The number of urea groups is 1. The molecule has 0 saturated carbocycles. The molecular weight excluding hydrogens is 394 g/mol. The van der Waals surface area contributed by atoms with Crippen LogP contribution in [0, 0.1) is 12.8 Å². The molecule has 2 aromatic rings. The molecule has 7 nitrogen and oxygen atoms in total. The van der Waals surface area contributed by atoms with Crippen LogP contribution in [0.5, 0.6) is 11.5 Å². The van der Waals surface area contributed by atoms with E-state index in [4.69, 9.17) is 9.47 Å². The predicted octanol–water partition coefficient (Wildman–Crippen LogP) is 4.06. The molecule has 0 aliphatic carbocycles. The number of piperidine rings is 1. The first kappa shape index (κ1) is 21.0. The zero-order valence-corrected chi connectivity index (χ0v) is 17.9. The summed E-state index contributed by atoms with van der Waals surface area (Å²) in [6.07, 6.45) is 3.25. The minimum absolute atomic E-state index is 0.0268. The summed E-state index contributed by atoms with van der Waals surface area (Å²) in [6.45, 7) is 4.17. The van der Waals surface area contributed by atoms with Crippen molar-refractivity contribution in [3.05, 3.63) is 53.6 Å². The summed E-state index contributed by atoms with van der Waals surface area (Å²) in [5.74, 6) is 1.83. The largest absolute Gasteiger partial charge is 0.454 e. The second kappa shape index (κ2) is 9.73. The highest BCUT2D eigenvalue weighted by atomic mass is 16.7. The predicted molar refractivity (Wildman–Crippen MR) is 118 cm³/mol. The maximum atomic E-state index is 12.6. The van der Waals surface area contributed by atoms with Crippen LogP contribution in [0.3, 0.4) is 0 Å². The van der Waals surface area contributed by atoms with Crippen molar-refractivity contribution in [1.82, 2.24) is 10.2 Å². The molecule has 1 saturated heterocycles. The van der Waals surface area contributed by atoms with Gasteiger partial charge in [0.05, 0.1) is 0 Å². The molecular formula is C24H29N3O4. The van der Waals surface area contributed by atoms with Crippen LogP contribution in [-0.4, -0.2) is 36.7 Å². The van der Waals surface area contributed by atoms with E-state index in [1.807, 2.05) is 54.3 Å². The summed E-state index contributed by atoms with van der Waals surface area (Å²) in [5.41, 5.74) is 2.95. The van der Waals surface area contributed by atoms with E-state index in [0.29, 0.717) is 25.4 Å².